The number of rotatable bonds is 7. The number of para-hydroxylation sites is 1. The predicted molar refractivity (Wildman–Crippen MR) is 165 cm³/mol. The van der Waals surface area contributed by atoms with E-state index in [1.54, 1.807) is 24.3 Å². The lowest BCUT2D eigenvalue weighted by atomic mass is 10.1. The van der Waals surface area contributed by atoms with Crippen LogP contribution in [-0.2, 0) is 20.9 Å². The fourth-order valence-corrected chi connectivity index (χ4v) is 6.14. The second-order valence-electron chi connectivity index (χ2n) is 10.4. The summed E-state index contributed by atoms with van der Waals surface area (Å²) in [7, 11) is 0. The normalized spacial score (nSPS) is 15.0. The Morgan fingerprint density at radius 3 is 2.35 bits per heavy atom. The highest BCUT2D eigenvalue weighted by Crippen LogP contribution is 2.36. The maximum absolute atomic E-state index is 13.3. The quantitative estimate of drug-likeness (QED) is 0.266. The van der Waals surface area contributed by atoms with Gasteiger partial charge in [0.25, 0.3) is 11.1 Å². The van der Waals surface area contributed by atoms with Gasteiger partial charge in [0.05, 0.1) is 4.91 Å². The number of nitrogens with one attached hydrogen (secondary N) is 2. The van der Waals surface area contributed by atoms with Crippen LogP contribution in [0.25, 0.3) is 17.0 Å². The van der Waals surface area contributed by atoms with Crippen LogP contribution >= 0.6 is 11.8 Å². The fourth-order valence-electron chi connectivity index (χ4n) is 5.32. The molecule has 3 aromatic carbocycles. The Morgan fingerprint density at radius 1 is 0.860 bits per heavy atom. The number of anilines is 2. The number of aromatic nitrogens is 1. The molecule has 0 atom stereocenters. The predicted octanol–water partition coefficient (Wildman–Crippen LogP) is 5.61. The molecule has 43 heavy (non-hydrogen) atoms. The average molecular weight is 597 g/mol. The van der Waals surface area contributed by atoms with E-state index >= 15 is 0 Å². The van der Waals surface area contributed by atoms with Gasteiger partial charge in [-0.05, 0) is 80.1 Å². The summed E-state index contributed by atoms with van der Waals surface area (Å²) in [5, 5.41) is 5.98. The number of benzene rings is 3. The number of thioether (sulfide) groups is 1. The molecule has 0 bridgehead atoms. The van der Waals surface area contributed by atoms with E-state index in [1.807, 2.05) is 67.8 Å². The van der Waals surface area contributed by atoms with E-state index in [0.717, 1.165) is 49.9 Å². The van der Waals surface area contributed by atoms with E-state index in [9.17, 15) is 19.2 Å². The topological polar surface area (TPSA) is 119 Å². The average Bonchev–Trinajstić information content (AvgIpc) is 3.60. The monoisotopic (exact) mass is 596 g/mol. The fraction of sp³-hybridized carbons (Fsp3) is 0.188. The van der Waals surface area contributed by atoms with E-state index in [-0.39, 0.29) is 24.2 Å². The smallest absolute Gasteiger partial charge is 0.294 e. The maximum atomic E-state index is 13.3. The molecule has 0 unspecified atom stereocenters. The number of carbonyl (C=O) groups is 4. The van der Waals surface area contributed by atoms with Gasteiger partial charge in [0, 0.05) is 39.6 Å². The van der Waals surface area contributed by atoms with Gasteiger partial charge in [0.1, 0.15) is 13.1 Å². The lowest BCUT2D eigenvalue weighted by molar-refractivity contribution is -0.127. The van der Waals surface area contributed by atoms with Crippen molar-refractivity contribution in [2.24, 2.45) is 0 Å². The van der Waals surface area contributed by atoms with Gasteiger partial charge in [0.2, 0.25) is 18.6 Å². The van der Waals surface area contributed by atoms with Crippen molar-refractivity contribution in [3.63, 3.8) is 0 Å². The van der Waals surface area contributed by atoms with Crippen molar-refractivity contribution in [3.05, 3.63) is 88.0 Å². The zero-order valence-corrected chi connectivity index (χ0v) is 24.5. The summed E-state index contributed by atoms with van der Waals surface area (Å²) in [5.74, 6) is -0.0535. The molecular formula is C32H28N4O6S. The van der Waals surface area contributed by atoms with Crippen LogP contribution in [0.3, 0.4) is 0 Å². The van der Waals surface area contributed by atoms with Gasteiger partial charge in [0.15, 0.2) is 11.5 Å². The van der Waals surface area contributed by atoms with E-state index in [2.05, 4.69) is 10.6 Å². The van der Waals surface area contributed by atoms with Crippen LogP contribution in [0, 0.1) is 20.8 Å². The van der Waals surface area contributed by atoms with Crippen molar-refractivity contribution in [1.29, 1.82) is 0 Å². The maximum Gasteiger partial charge on any atom is 0.294 e. The summed E-state index contributed by atoms with van der Waals surface area (Å²) in [6, 6.07) is 18.4. The molecule has 0 saturated carbocycles. The number of ether oxygens (including phenoxy) is 2. The van der Waals surface area contributed by atoms with Gasteiger partial charge in [-0.25, -0.2) is 0 Å². The molecule has 3 heterocycles. The first kappa shape index (κ1) is 28.1. The SMILES string of the molecule is Cc1cc(C)cc(NC(=O)CN2C(=O)S/C(=C\c3c(C)n(CC(=O)Nc4ccc5c(c4)OCO5)c4ccccc34)C2=O)c1. The summed E-state index contributed by atoms with van der Waals surface area (Å²) in [5.41, 5.74) is 5.45. The van der Waals surface area contributed by atoms with Crippen molar-refractivity contribution < 1.29 is 28.7 Å². The standard InChI is InChI=1S/C32H28N4O6S/c1-18-10-19(2)12-22(11-18)34-30(38)16-36-31(39)28(43-32(36)40)14-24-20(3)35(25-7-5-4-6-23(24)25)15-29(37)33-21-8-9-26-27(13-21)42-17-41-26/h4-14H,15-17H2,1-3H3,(H,33,37)(H,34,38)/b28-14-. The molecule has 4 aromatic rings. The van der Waals surface area contributed by atoms with E-state index < -0.39 is 23.6 Å². The van der Waals surface area contributed by atoms with Gasteiger partial charge in [-0.2, -0.15) is 0 Å². The summed E-state index contributed by atoms with van der Waals surface area (Å²) >= 11 is 0.790. The van der Waals surface area contributed by atoms with E-state index in [0.29, 0.717) is 22.9 Å². The molecule has 6 rings (SSSR count). The third kappa shape index (κ3) is 5.71. The number of imide groups is 1. The highest BCUT2D eigenvalue weighted by atomic mass is 32.2. The van der Waals surface area contributed by atoms with Crippen LogP contribution in [0.1, 0.15) is 22.4 Å². The summed E-state index contributed by atoms with van der Waals surface area (Å²) < 4.78 is 12.6. The van der Waals surface area contributed by atoms with Crippen molar-refractivity contribution in [2.75, 3.05) is 24.0 Å². The second kappa shape index (κ2) is 11.3. The molecule has 10 nitrogen and oxygen atoms in total. The van der Waals surface area contributed by atoms with Crippen LogP contribution in [0.15, 0.2) is 65.6 Å². The molecule has 0 radical (unpaired) electrons. The Labute approximate surface area is 251 Å². The molecule has 4 amide bonds. The molecule has 218 valence electrons. The van der Waals surface area contributed by atoms with Crippen LogP contribution < -0.4 is 20.1 Å². The number of aryl methyl sites for hydroxylation is 2. The van der Waals surface area contributed by atoms with Gasteiger partial charge >= 0.3 is 0 Å². The largest absolute Gasteiger partial charge is 0.454 e. The molecule has 0 spiro atoms. The first-order chi connectivity index (χ1) is 20.7. The van der Waals surface area contributed by atoms with E-state index in [4.69, 9.17) is 9.47 Å². The Morgan fingerprint density at radius 2 is 1.56 bits per heavy atom. The molecule has 2 aliphatic heterocycles. The summed E-state index contributed by atoms with van der Waals surface area (Å²) in [4.78, 5) is 53.0. The molecule has 2 aliphatic rings. The molecule has 1 saturated heterocycles. The first-order valence-electron chi connectivity index (χ1n) is 13.6. The van der Waals surface area contributed by atoms with Gasteiger partial charge in [-0.1, -0.05) is 24.3 Å². The number of hydrogen-bond acceptors (Lipinski definition) is 7. The molecule has 11 heteroatoms. The summed E-state index contributed by atoms with van der Waals surface area (Å²) in [6.45, 7) is 5.49. The van der Waals surface area contributed by atoms with Crippen LogP contribution in [0.4, 0.5) is 16.2 Å². The number of fused-ring (bicyclic) bond motifs is 2. The Balaban J connectivity index is 1.21. The number of carbonyl (C=O) groups excluding carboxylic acids is 4. The lowest BCUT2D eigenvalue weighted by Crippen LogP contribution is -2.36. The zero-order chi connectivity index (χ0) is 30.2. The van der Waals surface area contributed by atoms with Gasteiger partial charge in [-0.15, -0.1) is 0 Å². The van der Waals surface area contributed by atoms with Crippen molar-refractivity contribution >= 4 is 63.1 Å². The van der Waals surface area contributed by atoms with Crippen LogP contribution in [-0.4, -0.2) is 45.8 Å². The Bertz CT molecular complexity index is 1840. The third-order valence-corrected chi connectivity index (χ3v) is 8.10. The Hall–Kier alpha value is -5.03. The molecule has 1 aromatic heterocycles. The molecule has 2 N–H and O–H groups in total. The highest BCUT2D eigenvalue weighted by Gasteiger charge is 2.36. The number of hydrogen-bond donors (Lipinski definition) is 2. The van der Waals surface area contributed by atoms with Crippen molar-refractivity contribution in [2.45, 2.75) is 27.3 Å². The minimum Gasteiger partial charge on any atom is -0.454 e. The minimum absolute atomic E-state index is 0.0225. The first-order valence-corrected chi connectivity index (χ1v) is 14.4. The third-order valence-electron chi connectivity index (χ3n) is 7.19. The van der Waals surface area contributed by atoms with Crippen molar-refractivity contribution in [1.82, 2.24) is 9.47 Å². The lowest BCUT2D eigenvalue weighted by Gasteiger charge is -2.13. The van der Waals surface area contributed by atoms with E-state index in [1.165, 1.54) is 0 Å². The molecule has 1 fully saturated rings. The van der Waals surface area contributed by atoms with Gasteiger partial charge in [-0.3, -0.25) is 24.1 Å². The second-order valence-corrected chi connectivity index (χ2v) is 11.4. The van der Waals surface area contributed by atoms with Crippen LogP contribution in [0.5, 0.6) is 11.5 Å². The highest BCUT2D eigenvalue weighted by molar-refractivity contribution is 8.18. The zero-order valence-electron chi connectivity index (χ0n) is 23.7. The number of amides is 4. The number of nitrogens with zero attached hydrogens (tertiary/aromatic N) is 2. The molecular weight excluding hydrogens is 568 g/mol. The van der Waals surface area contributed by atoms with Crippen molar-refractivity contribution in [3.8, 4) is 11.5 Å². The summed E-state index contributed by atoms with van der Waals surface area (Å²) in [6.07, 6.45) is 1.66. The van der Waals surface area contributed by atoms with Gasteiger partial charge < -0.3 is 24.7 Å². The Kier molecular flexibility index (Phi) is 7.41. The minimum atomic E-state index is -0.539. The van der Waals surface area contributed by atoms with Crippen LogP contribution in [0.2, 0.25) is 0 Å². The molecule has 0 aliphatic carbocycles.